The van der Waals surface area contributed by atoms with Crippen molar-refractivity contribution < 1.29 is 4.92 Å². The van der Waals surface area contributed by atoms with Crippen molar-refractivity contribution >= 4 is 28.4 Å². The first-order valence-corrected chi connectivity index (χ1v) is 9.12. The second kappa shape index (κ2) is 7.55. The first kappa shape index (κ1) is 18.4. The molecule has 1 aromatic heterocycles. The summed E-state index contributed by atoms with van der Waals surface area (Å²) in [7, 11) is 0. The Morgan fingerprint density at radius 1 is 1.07 bits per heavy atom. The van der Waals surface area contributed by atoms with E-state index in [1.54, 1.807) is 23.0 Å². The van der Waals surface area contributed by atoms with Crippen molar-refractivity contribution in [1.82, 2.24) is 9.78 Å². The van der Waals surface area contributed by atoms with Crippen LogP contribution >= 0.6 is 0 Å². The van der Waals surface area contributed by atoms with E-state index in [0.717, 1.165) is 33.4 Å². The minimum Gasteiger partial charge on any atom is -0.278 e. The number of non-ortho nitro benzene ring substituents is 1. The average molecular weight is 385 g/mol. The molecule has 0 atom stereocenters. The highest BCUT2D eigenvalue weighted by Crippen LogP contribution is 2.23. The minimum absolute atomic E-state index is 0.0305. The maximum atomic E-state index is 11.1. The van der Waals surface area contributed by atoms with Crippen molar-refractivity contribution in [3.05, 3.63) is 93.8 Å². The van der Waals surface area contributed by atoms with Gasteiger partial charge in [-0.2, -0.15) is 10.2 Å². The number of nitrogens with one attached hydrogen (secondary N) is 1. The van der Waals surface area contributed by atoms with E-state index in [2.05, 4.69) is 27.8 Å². The summed E-state index contributed by atoms with van der Waals surface area (Å²) in [5, 5.41) is 22.2. The molecule has 0 saturated carbocycles. The van der Waals surface area contributed by atoms with Crippen LogP contribution in [0.4, 0.5) is 11.4 Å². The summed E-state index contributed by atoms with van der Waals surface area (Å²) in [6.07, 6.45) is 1.73. The van der Waals surface area contributed by atoms with E-state index in [-0.39, 0.29) is 5.69 Å². The van der Waals surface area contributed by atoms with Crippen molar-refractivity contribution in [3.63, 3.8) is 0 Å². The lowest BCUT2D eigenvalue weighted by Gasteiger charge is -2.05. The van der Waals surface area contributed by atoms with Gasteiger partial charge in [-0.1, -0.05) is 42.5 Å². The van der Waals surface area contributed by atoms with Gasteiger partial charge in [0, 0.05) is 23.1 Å². The fraction of sp³-hybridized carbons (Fsp3) is 0.0909. The summed E-state index contributed by atoms with van der Waals surface area (Å²) in [5.41, 5.74) is 7.20. The Morgan fingerprint density at radius 3 is 2.66 bits per heavy atom. The molecule has 1 N–H and O–H groups in total. The number of benzene rings is 3. The molecule has 0 unspecified atom stereocenters. The Balaban J connectivity index is 1.63. The van der Waals surface area contributed by atoms with Gasteiger partial charge >= 0.3 is 0 Å². The van der Waals surface area contributed by atoms with Gasteiger partial charge in [-0.25, -0.2) is 4.68 Å². The maximum Gasteiger partial charge on any atom is 0.271 e. The highest BCUT2D eigenvalue weighted by molar-refractivity contribution is 5.94. The molecular formula is C22H19N5O2. The molecule has 0 saturated heterocycles. The molecule has 0 amide bonds. The average Bonchev–Trinajstić information content (AvgIpc) is 3.02. The monoisotopic (exact) mass is 385 g/mol. The normalized spacial score (nSPS) is 11.2. The second-order valence-corrected chi connectivity index (χ2v) is 6.67. The van der Waals surface area contributed by atoms with Gasteiger partial charge in [0.25, 0.3) is 5.69 Å². The molecule has 144 valence electrons. The lowest BCUT2D eigenvalue weighted by Crippen LogP contribution is -2.00. The highest BCUT2D eigenvalue weighted by Gasteiger charge is 2.14. The molecule has 7 nitrogen and oxygen atoms in total. The SMILES string of the molecule is Cc1nn(-c2cccc([N+](=O)[O-])c2)c(C)c1/C=N\Nc1cccc2ccccc12. The van der Waals surface area contributed by atoms with Crippen LogP contribution in [0.25, 0.3) is 16.5 Å². The molecule has 1 heterocycles. The van der Waals surface area contributed by atoms with Crippen LogP contribution in [0.15, 0.2) is 71.8 Å². The zero-order valence-corrected chi connectivity index (χ0v) is 16.0. The van der Waals surface area contributed by atoms with Crippen LogP contribution in [0.1, 0.15) is 17.0 Å². The number of hydrogen-bond donors (Lipinski definition) is 1. The Hall–Kier alpha value is -4.00. The van der Waals surface area contributed by atoms with Crippen molar-refractivity contribution in [3.8, 4) is 5.69 Å². The van der Waals surface area contributed by atoms with E-state index >= 15 is 0 Å². The van der Waals surface area contributed by atoms with Crippen LogP contribution in [0.3, 0.4) is 0 Å². The standard InChI is InChI=1S/C22H19N5O2/c1-15-21(14-23-24-22-12-5-8-17-7-3-4-11-20(17)22)16(2)26(25-15)18-9-6-10-19(13-18)27(28)29/h3-14,24H,1-2H3/b23-14-. The smallest absolute Gasteiger partial charge is 0.271 e. The van der Waals surface area contributed by atoms with Gasteiger partial charge in [-0.3, -0.25) is 15.5 Å². The highest BCUT2D eigenvalue weighted by atomic mass is 16.6. The zero-order valence-electron chi connectivity index (χ0n) is 16.0. The summed E-state index contributed by atoms with van der Waals surface area (Å²) in [5.74, 6) is 0. The zero-order chi connectivity index (χ0) is 20.4. The third-order valence-corrected chi connectivity index (χ3v) is 4.80. The molecule has 0 aliphatic rings. The number of rotatable bonds is 5. The van der Waals surface area contributed by atoms with Crippen molar-refractivity contribution in [2.24, 2.45) is 5.10 Å². The van der Waals surface area contributed by atoms with Gasteiger partial charge < -0.3 is 0 Å². The summed E-state index contributed by atoms with van der Waals surface area (Å²) in [6, 6.07) is 20.5. The Kier molecular flexibility index (Phi) is 4.78. The fourth-order valence-corrected chi connectivity index (χ4v) is 3.32. The quantitative estimate of drug-likeness (QED) is 0.298. The van der Waals surface area contributed by atoms with Crippen LogP contribution < -0.4 is 5.43 Å². The summed E-state index contributed by atoms with van der Waals surface area (Å²) in [4.78, 5) is 10.6. The molecule has 0 bridgehead atoms. The number of anilines is 1. The molecular weight excluding hydrogens is 366 g/mol. The van der Waals surface area contributed by atoms with E-state index in [1.165, 1.54) is 12.1 Å². The van der Waals surface area contributed by atoms with E-state index in [1.807, 2.05) is 44.2 Å². The number of aromatic nitrogens is 2. The van der Waals surface area contributed by atoms with Crippen LogP contribution in [-0.2, 0) is 0 Å². The molecule has 3 aromatic carbocycles. The Morgan fingerprint density at radius 2 is 1.83 bits per heavy atom. The van der Waals surface area contributed by atoms with Crippen LogP contribution in [0.2, 0.25) is 0 Å². The molecule has 0 spiro atoms. The molecule has 29 heavy (non-hydrogen) atoms. The van der Waals surface area contributed by atoms with Gasteiger partial charge in [0.05, 0.1) is 33.9 Å². The second-order valence-electron chi connectivity index (χ2n) is 6.67. The number of fused-ring (bicyclic) bond motifs is 1. The Labute approximate surface area is 167 Å². The van der Waals surface area contributed by atoms with E-state index in [9.17, 15) is 10.1 Å². The van der Waals surface area contributed by atoms with Gasteiger partial charge in [0.2, 0.25) is 0 Å². The number of hydrazone groups is 1. The maximum absolute atomic E-state index is 11.1. The lowest BCUT2D eigenvalue weighted by molar-refractivity contribution is -0.384. The number of nitro benzene ring substituents is 1. The van der Waals surface area contributed by atoms with Crippen LogP contribution in [0.5, 0.6) is 0 Å². The van der Waals surface area contributed by atoms with Crippen molar-refractivity contribution in [2.45, 2.75) is 13.8 Å². The third kappa shape index (κ3) is 3.58. The van der Waals surface area contributed by atoms with Gasteiger partial charge in [0.1, 0.15) is 0 Å². The number of aryl methyl sites for hydroxylation is 1. The van der Waals surface area contributed by atoms with Crippen LogP contribution in [0, 0.1) is 24.0 Å². The predicted octanol–water partition coefficient (Wildman–Crippen LogP) is 5.00. The largest absolute Gasteiger partial charge is 0.278 e. The fourth-order valence-electron chi connectivity index (χ4n) is 3.32. The molecule has 0 fully saturated rings. The molecule has 7 heteroatoms. The molecule has 0 aliphatic heterocycles. The van der Waals surface area contributed by atoms with Gasteiger partial charge in [-0.05, 0) is 31.4 Å². The molecule has 4 rings (SSSR count). The van der Waals surface area contributed by atoms with E-state index in [0.29, 0.717) is 5.69 Å². The number of nitrogens with zero attached hydrogens (tertiary/aromatic N) is 4. The van der Waals surface area contributed by atoms with E-state index < -0.39 is 4.92 Å². The minimum atomic E-state index is -0.411. The van der Waals surface area contributed by atoms with Gasteiger partial charge in [0.15, 0.2) is 0 Å². The van der Waals surface area contributed by atoms with Crippen LogP contribution in [-0.4, -0.2) is 20.9 Å². The Bertz CT molecular complexity index is 1240. The topological polar surface area (TPSA) is 85.3 Å². The lowest BCUT2D eigenvalue weighted by atomic mass is 10.1. The van der Waals surface area contributed by atoms with Crippen molar-refractivity contribution in [2.75, 3.05) is 5.43 Å². The number of nitro groups is 1. The van der Waals surface area contributed by atoms with E-state index in [4.69, 9.17) is 0 Å². The molecule has 4 aromatic rings. The third-order valence-electron chi connectivity index (χ3n) is 4.80. The first-order valence-electron chi connectivity index (χ1n) is 9.12. The summed E-state index contributed by atoms with van der Waals surface area (Å²) in [6.45, 7) is 3.80. The van der Waals surface area contributed by atoms with Gasteiger partial charge in [-0.15, -0.1) is 0 Å². The molecule has 0 radical (unpaired) electrons. The first-order chi connectivity index (χ1) is 14.0. The van der Waals surface area contributed by atoms with Crippen molar-refractivity contribution in [1.29, 1.82) is 0 Å². The predicted molar refractivity (Wildman–Crippen MR) is 115 cm³/mol. The summed E-state index contributed by atoms with van der Waals surface area (Å²) >= 11 is 0. The summed E-state index contributed by atoms with van der Waals surface area (Å²) < 4.78 is 1.70. The number of hydrogen-bond acceptors (Lipinski definition) is 5. The molecule has 0 aliphatic carbocycles.